The van der Waals surface area contributed by atoms with Crippen molar-refractivity contribution in [2.45, 2.75) is 39.7 Å². The molecule has 1 atom stereocenters. The number of pyridine rings is 1. The third-order valence-corrected chi connectivity index (χ3v) is 3.92. The van der Waals surface area contributed by atoms with Crippen molar-refractivity contribution in [2.24, 2.45) is 5.92 Å². The molecule has 2 aromatic heterocycles. The second-order valence-corrected chi connectivity index (χ2v) is 4.98. The maximum Gasteiger partial charge on any atom is 0.123 e. The van der Waals surface area contributed by atoms with Crippen molar-refractivity contribution >= 4 is 5.82 Å². The van der Waals surface area contributed by atoms with Crippen LogP contribution in [0, 0.1) is 5.92 Å². The van der Waals surface area contributed by atoms with Crippen LogP contribution in [0.2, 0.25) is 0 Å². The maximum atomic E-state index is 5.64. The van der Waals surface area contributed by atoms with Gasteiger partial charge in [-0.25, -0.2) is 9.97 Å². The van der Waals surface area contributed by atoms with Gasteiger partial charge in [0.25, 0.3) is 0 Å². The molecule has 0 amide bonds. The summed E-state index contributed by atoms with van der Waals surface area (Å²) in [7, 11) is 0. The van der Waals surface area contributed by atoms with Crippen LogP contribution >= 0.6 is 0 Å². The third kappa shape index (κ3) is 2.78. The minimum atomic E-state index is 0.435. The first kappa shape index (κ1) is 13.6. The van der Waals surface area contributed by atoms with Gasteiger partial charge in [-0.3, -0.25) is 0 Å². The summed E-state index contributed by atoms with van der Waals surface area (Å²) in [5, 5.41) is 0. The molecule has 1 unspecified atom stereocenters. The van der Waals surface area contributed by atoms with Crippen molar-refractivity contribution in [1.29, 1.82) is 0 Å². The van der Waals surface area contributed by atoms with Gasteiger partial charge in [0.05, 0.1) is 18.2 Å². The average molecular weight is 258 g/mol. The minimum Gasteiger partial charge on any atom is -0.384 e. The van der Waals surface area contributed by atoms with E-state index in [-0.39, 0.29) is 0 Å². The number of aromatic nitrogens is 3. The van der Waals surface area contributed by atoms with Crippen molar-refractivity contribution in [3.63, 3.8) is 0 Å². The highest BCUT2D eigenvalue weighted by Gasteiger charge is 2.18. The van der Waals surface area contributed by atoms with Gasteiger partial charge in [-0.05, 0) is 25.0 Å². The molecule has 2 heterocycles. The second kappa shape index (κ2) is 5.87. The van der Waals surface area contributed by atoms with Crippen LogP contribution in [0.3, 0.4) is 0 Å². The lowest BCUT2D eigenvalue weighted by Crippen LogP contribution is -2.15. The molecule has 0 spiro atoms. The SMILES string of the molecule is CCC(CC)C(C)n1cncc1-c1ccc(N)nc1. The van der Waals surface area contributed by atoms with Gasteiger partial charge in [0.2, 0.25) is 0 Å². The topological polar surface area (TPSA) is 56.7 Å². The lowest BCUT2D eigenvalue weighted by molar-refractivity contribution is 0.335. The molecular formula is C15H22N4. The highest BCUT2D eigenvalue weighted by molar-refractivity contribution is 5.59. The zero-order valence-electron chi connectivity index (χ0n) is 11.9. The maximum absolute atomic E-state index is 5.64. The fraction of sp³-hybridized carbons (Fsp3) is 0.467. The molecule has 0 fully saturated rings. The Balaban J connectivity index is 2.34. The fourth-order valence-corrected chi connectivity index (χ4v) is 2.61. The van der Waals surface area contributed by atoms with Crippen molar-refractivity contribution in [3.8, 4) is 11.3 Å². The molecule has 4 heteroatoms. The average Bonchev–Trinajstić information content (AvgIpc) is 2.90. The largest absolute Gasteiger partial charge is 0.384 e. The van der Waals surface area contributed by atoms with Gasteiger partial charge in [-0.1, -0.05) is 26.7 Å². The molecular weight excluding hydrogens is 236 g/mol. The summed E-state index contributed by atoms with van der Waals surface area (Å²) in [6, 6.07) is 4.26. The second-order valence-electron chi connectivity index (χ2n) is 4.98. The predicted molar refractivity (Wildman–Crippen MR) is 78.7 cm³/mol. The first-order valence-corrected chi connectivity index (χ1v) is 6.91. The molecule has 0 saturated heterocycles. The Hall–Kier alpha value is -1.84. The summed E-state index contributed by atoms with van der Waals surface area (Å²) in [6.45, 7) is 6.74. The van der Waals surface area contributed by atoms with E-state index in [1.54, 1.807) is 0 Å². The van der Waals surface area contributed by atoms with Crippen LogP contribution in [-0.4, -0.2) is 14.5 Å². The number of nitrogen functional groups attached to an aromatic ring is 1. The smallest absolute Gasteiger partial charge is 0.123 e. The molecule has 19 heavy (non-hydrogen) atoms. The summed E-state index contributed by atoms with van der Waals surface area (Å²) in [4.78, 5) is 8.45. The summed E-state index contributed by atoms with van der Waals surface area (Å²) < 4.78 is 2.24. The van der Waals surface area contributed by atoms with Crippen LogP contribution < -0.4 is 5.73 Å². The van der Waals surface area contributed by atoms with Gasteiger partial charge in [0.15, 0.2) is 0 Å². The molecule has 0 aliphatic carbocycles. The Morgan fingerprint density at radius 3 is 2.53 bits per heavy atom. The Bertz CT molecular complexity index is 511. The molecule has 2 aromatic rings. The van der Waals surface area contributed by atoms with Crippen LogP contribution in [0.25, 0.3) is 11.3 Å². The molecule has 0 bridgehead atoms. The van der Waals surface area contributed by atoms with Gasteiger partial charge >= 0.3 is 0 Å². The standard InChI is InChI=1S/C15H22N4/c1-4-12(5-2)11(3)19-10-17-9-14(19)13-6-7-15(16)18-8-13/h6-12H,4-5H2,1-3H3,(H2,16,18). The fourth-order valence-electron chi connectivity index (χ4n) is 2.61. The number of rotatable bonds is 5. The normalized spacial score (nSPS) is 12.8. The van der Waals surface area contributed by atoms with E-state index in [2.05, 4.69) is 35.3 Å². The monoisotopic (exact) mass is 258 g/mol. The first-order valence-electron chi connectivity index (χ1n) is 6.91. The number of anilines is 1. The highest BCUT2D eigenvalue weighted by Crippen LogP contribution is 2.29. The third-order valence-electron chi connectivity index (χ3n) is 3.92. The van der Waals surface area contributed by atoms with E-state index in [1.807, 2.05) is 30.9 Å². The zero-order valence-corrected chi connectivity index (χ0v) is 11.9. The molecule has 0 aromatic carbocycles. The Morgan fingerprint density at radius 2 is 1.95 bits per heavy atom. The summed E-state index contributed by atoms with van der Waals surface area (Å²) >= 11 is 0. The summed E-state index contributed by atoms with van der Waals surface area (Å²) in [5.74, 6) is 1.21. The molecule has 2 N–H and O–H groups in total. The number of hydrogen-bond acceptors (Lipinski definition) is 3. The molecule has 2 rings (SSSR count). The van der Waals surface area contributed by atoms with Gasteiger partial charge < -0.3 is 10.3 Å². The van der Waals surface area contributed by atoms with Crippen molar-refractivity contribution in [2.75, 3.05) is 5.73 Å². The van der Waals surface area contributed by atoms with Gasteiger partial charge in [0.1, 0.15) is 5.82 Å². The minimum absolute atomic E-state index is 0.435. The summed E-state index contributed by atoms with van der Waals surface area (Å²) in [5.41, 5.74) is 7.80. The molecule has 0 radical (unpaired) electrons. The van der Waals surface area contributed by atoms with Crippen LogP contribution in [0.4, 0.5) is 5.82 Å². The highest BCUT2D eigenvalue weighted by atomic mass is 15.1. The van der Waals surface area contributed by atoms with E-state index >= 15 is 0 Å². The number of nitrogens with zero attached hydrogens (tertiary/aromatic N) is 3. The van der Waals surface area contributed by atoms with E-state index in [0.29, 0.717) is 17.8 Å². The first-order chi connectivity index (χ1) is 9.17. The Labute approximate surface area is 114 Å². The van der Waals surface area contributed by atoms with Crippen LogP contribution in [0.5, 0.6) is 0 Å². The van der Waals surface area contributed by atoms with E-state index in [1.165, 1.54) is 12.8 Å². The quantitative estimate of drug-likeness (QED) is 0.892. The van der Waals surface area contributed by atoms with E-state index in [4.69, 9.17) is 5.73 Å². The van der Waals surface area contributed by atoms with Crippen molar-refractivity contribution in [1.82, 2.24) is 14.5 Å². The number of imidazole rings is 1. The molecule has 0 saturated carbocycles. The van der Waals surface area contributed by atoms with E-state index in [0.717, 1.165) is 11.3 Å². The van der Waals surface area contributed by atoms with Gasteiger partial charge in [0, 0.05) is 17.8 Å². The molecule has 102 valence electrons. The van der Waals surface area contributed by atoms with Crippen molar-refractivity contribution in [3.05, 3.63) is 30.9 Å². The Kier molecular flexibility index (Phi) is 4.20. The lowest BCUT2D eigenvalue weighted by Gasteiger charge is -2.24. The van der Waals surface area contributed by atoms with Gasteiger partial charge in [-0.2, -0.15) is 0 Å². The van der Waals surface area contributed by atoms with Crippen LogP contribution in [-0.2, 0) is 0 Å². The number of hydrogen-bond donors (Lipinski definition) is 1. The summed E-state index contributed by atoms with van der Waals surface area (Å²) in [6.07, 6.45) is 7.97. The molecule has 4 nitrogen and oxygen atoms in total. The number of nitrogens with two attached hydrogens (primary N) is 1. The predicted octanol–water partition coefficient (Wildman–Crippen LogP) is 3.52. The Morgan fingerprint density at radius 1 is 1.21 bits per heavy atom. The van der Waals surface area contributed by atoms with Crippen LogP contribution in [0.15, 0.2) is 30.9 Å². The van der Waals surface area contributed by atoms with E-state index in [9.17, 15) is 0 Å². The van der Waals surface area contributed by atoms with Crippen LogP contribution in [0.1, 0.15) is 39.7 Å². The van der Waals surface area contributed by atoms with Crippen molar-refractivity contribution < 1.29 is 0 Å². The van der Waals surface area contributed by atoms with E-state index < -0.39 is 0 Å². The molecule has 0 aliphatic heterocycles. The zero-order chi connectivity index (χ0) is 13.8. The van der Waals surface area contributed by atoms with Gasteiger partial charge in [-0.15, -0.1) is 0 Å². The molecule has 0 aliphatic rings. The lowest BCUT2D eigenvalue weighted by atomic mass is 9.95.